The van der Waals surface area contributed by atoms with Crippen molar-refractivity contribution in [1.82, 2.24) is 4.31 Å². The Labute approximate surface area is 179 Å². The Bertz CT molecular complexity index is 1030. The SMILES string of the molecule is CCOC(=O)[C@]1(C)[C@@H](c2ccc(Br)cc2)CC(=O)N1S(=O)(=O)c1ccc(C)cc1. The van der Waals surface area contributed by atoms with E-state index in [1.165, 1.54) is 19.1 Å². The molecule has 1 aliphatic heterocycles. The average Bonchev–Trinajstić information content (AvgIpc) is 2.95. The summed E-state index contributed by atoms with van der Waals surface area (Å²) in [6, 6.07) is 13.3. The van der Waals surface area contributed by atoms with Gasteiger partial charge in [0.05, 0.1) is 11.5 Å². The number of halogens is 1. The lowest BCUT2D eigenvalue weighted by molar-refractivity contribution is -0.155. The first-order valence-electron chi connectivity index (χ1n) is 9.20. The van der Waals surface area contributed by atoms with Gasteiger partial charge in [0, 0.05) is 16.8 Å². The largest absolute Gasteiger partial charge is 0.464 e. The molecule has 0 aliphatic carbocycles. The van der Waals surface area contributed by atoms with E-state index in [1.807, 2.05) is 6.92 Å². The quantitative estimate of drug-likeness (QED) is 0.609. The summed E-state index contributed by atoms with van der Waals surface area (Å²) in [5.74, 6) is -2.04. The lowest BCUT2D eigenvalue weighted by Gasteiger charge is -2.36. The van der Waals surface area contributed by atoms with Crippen molar-refractivity contribution in [3.05, 3.63) is 64.1 Å². The number of esters is 1. The molecule has 0 bridgehead atoms. The van der Waals surface area contributed by atoms with E-state index in [9.17, 15) is 18.0 Å². The second-order valence-corrected chi connectivity index (χ2v) is 9.85. The van der Waals surface area contributed by atoms with Gasteiger partial charge < -0.3 is 4.74 Å². The van der Waals surface area contributed by atoms with E-state index in [4.69, 9.17) is 4.74 Å². The lowest BCUT2D eigenvalue weighted by atomic mass is 9.82. The molecule has 1 amide bonds. The molecule has 8 heteroatoms. The van der Waals surface area contributed by atoms with Gasteiger partial charge in [0.15, 0.2) is 5.54 Å². The molecule has 6 nitrogen and oxygen atoms in total. The highest BCUT2D eigenvalue weighted by Gasteiger charge is 2.60. The van der Waals surface area contributed by atoms with Crippen molar-refractivity contribution in [2.24, 2.45) is 0 Å². The molecule has 1 aliphatic rings. The minimum atomic E-state index is -4.25. The monoisotopic (exact) mass is 479 g/mol. The third-order valence-corrected chi connectivity index (χ3v) is 7.69. The van der Waals surface area contributed by atoms with E-state index in [2.05, 4.69) is 15.9 Å². The minimum absolute atomic E-state index is 0.0385. The number of hydrogen-bond acceptors (Lipinski definition) is 5. The molecule has 0 radical (unpaired) electrons. The van der Waals surface area contributed by atoms with Crippen LogP contribution in [0, 0.1) is 6.92 Å². The van der Waals surface area contributed by atoms with E-state index in [0.717, 1.165) is 14.3 Å². The van der Waals surface area contributed by atoms with Crippen LogP contribution in [0.4, 0.5) is 0 Å². The zero-order chi connectivity index (χ0) is 21.4. The van der Waals surface area contributed by atoms with Gasteiger partial charge >= 0.3 is 5.97 Å². The summed E-state index contributed by atoms with van der Waals surface area (Å²) in [6.07, 6.45) is -0.109. The average molecular weight is 480 g/mol. The summed E-state index contributed by atoms with van der Waals surface area (Å²) in [4.78, 5) is 25.9. The van der Waals surface area contributed by atoms with Crippen molar-refractivity contribution in [3.63, 3.8) is 0 Å². The molecular weight excluding hydrogens is 458 g/mol. The Morgan fingerprint density at radius 2 is 1.76 bits per heavy atom. The van der Waals surface area contributed by atoms with Crippen LogP contribution in [-0.4, -0.2) is 36.7 Å². The van der Waals surface area contributed by atoms with E-state index >= 15 is 0 Å². The van der Waals surface area contributed by atoms with Crippen molar-refractivity contribution in [2.45, 2.75) is 43.5 Å². The summed E-state index contributed by atoms with van der Waals surface area (Å²) in [5.41, 5.74) is -0.110. The molecule has 0 aromatic heterocycles. The van der Waals surface area contributed by atoms with Crippen LogP contribution < -0.4 is 0 Å². The van der Waals surface area contributed by atoms with Gasteiger partial charge in [-0.15, -0.1) is 0 Å². The van der Waals surface area contributed by atoms with E-state index < -0.39 is 33.4 Å². The lowest BCUT2D eigenvalue weighted by Crippen LogP contribution is -2.55. The number of carbonyl (C=O) groups is 2. The Morgan fingerprint density at radius 3 is 2.31 bits per heavy atom. The van der Waals surface area contributed by atoms with Crippen molar-refractivity contribution in [2.75, 3.05) is 6.61 Å². The van der Waals surface area contributed by atoms with Gasteiger partial charge in [-0.2, -0.15) is 0 Å². The van der Waals surface area contributed by atoms with Gasteiger partial charge in [-0.1, -0.05) is 45.8 Å². The number of rotatable bonds is 5. The smallest absolute Gasteiger partial charge is 0.333 e. The van der Waals surface area contributed by atoms with Gasteiger partial charge in [0.25, 0.3) is 10.0 Å². The first kappa shape index (κ1) is 21.5. The summed E-state index contributed by atoms with van der Waals surface area (Å²) < 4.78 is 33.6. The van der Waals surface area contributed by atoms with Gasteiger partial charge in [0.1, 0.15) is 0 Å². The zero-order valence-corrected chi connectivity index (χ0v) is 18.8. The number of carbonyl (C=O) groups excluding carboxylic acids is 2. The molecule has 2 atom stereocenters. The molecule has 2 aromatic rings. The number of sulfonamides is 1. The van der Waals surface area contributed by atoms with Crippen LogP contribution in [0.15, 0.2) is 57.9 Å². The topological polar surface area (TPSA) is 80.8 Å². The maximum absolute atomic E-state index is 13.4. The highest BCUT2D eigenvalue weighted by molar-refractivity contribution is 9.10. The predicted octanol–water partition coefficient (Wildman–Crippen LogP) is 3.78. The fourth-order valence-corrected chi connectivity index (χ4v) is 5.69. The second kappa shape index (κ2) is 7.91. The number of hydrogen-bond donors (Lipinski definition) is 0. The Hall–Kier alpha value is -2.19. The third-order valence-electron chi connectivity index (χ3n) is 5.23. The van der Waals surface area contributed by atoms with Crippen LogP contribution in [0.3, 0.4) is 0 Å². The fraction of sp³-hybridized carbons (Fsp3) is 0.333. The number of aryl methyl sites for hydroxylation is 1. The van der Waals surface area contributed by atoms with Crippen LogP contribution >= 0.6 is 15.9 Å². The van der Waals surface area contributed by atoms with Gasteiger partial charge in [-0.3, -0.25) is 4.79 Å². The highest BCUT2D eigenvalue weighted by Crippen LogP contribution is 2.46. The van der Waals surface area contributed by atoms with E-state index in [-0.39, 0.29) is 17.9 Å². The first-order valence-corrected chi connectivity index (χ1v) is 11.4. The molecule has 1 fully saturated rings. The Morgan fingerprint density at radius 1 is 1.17 bits per heavy atom. The van der Waals surface area contributed by atoms with Crippen LogP contribution in [0.25, 0.3) is 0 Å². The highest BCUT2D eigenvalue weighted by atomic mass is 79.9. The van der Waals surface area contributed by atoms with Crippen molar-refractivity contribution in [3.8, 4) is 0 Å². The van der Waals surface area contributed by atoms with Crippen molar-refractivity contribution >= 4 is 37.8 Å². The second-order valence-electron chi connectivity index (χ2n) is 7.15. The molecule has 154 valence electrons. The predicted molar refractivity (Wildman–Crippen MR) is 112 cm³/mol. The van der Waals surface area contributed by atoms with E-state index in [1.54, 1.807) is 43.3 Å². The van der Waals surface area contributed by atoms with E-state index in [0.29, 0.717) is 5.56 Å². The number of amides is 1. The molecule has 0 spiro atoms. The molecule has 2 aromatic carbocycles. The molecule has 1 heterocycles. The maximum atomic E-state index is 13.4. The van der Waals surface area contributed by atoms with Crippen molar-refractivity contribution in [1.29, 1.82) is 0 Å². The van der Waals surface area contributed by atoms with Crippen molar-refractivity contribution < 1.29 is 22.7 Å². The summed E-state index contributed by atoms with van der Waals surface area (Å²) >= 11 is 3.36. The standard InChI is InChI=1S/C21H22BrNO5S/c1-4-28-20(25)21(3)18(15-7-9-16(22)10-8-15)13-19(24)23(21)29(26,27)17-11-5-14(2)6-12-17/h5-12,18H,4,13H2,1-3H3/t18-,21+/m1/s1. The van der Waals surface area contributed by atoms with Gasteiger partial charge in [0.2, 0.25) is 5.91 Å². The maximum Gasteiger partial charge on any atom is 0.333 e. The zero-order valence-electron chi connectivity index (χ0n) is 16.4. The van der Waals surface area contributed by atoms with Crippen LogP contribution in [-0.2, 0) is 24.3 Å². The Kier molecular flexibility index (Phi) is 5.87. The summed E-state index contributed by atoms with van der Waals surface area (Å²) in [7, 11) is -4.25. The molecule has 29 heavy (non-hydrogen) atoms. The number of benzene rings is 2. The molecule has 1 saturated heterocycles. The molecular formula is C21H22BrNO5S. The first-order chi connectivity index (χ1) is 13.6. The number of nitrogens with zero attached hydrogens (tertiary/aromatic N) is 1. The van der Waals surface area contributed by atoms with Crippen LogP contribution in [0.5, 0.6) is 0 Å². The Balaban J connectivity index is 2.16. The minimum Gasteiger partial charge on any atom is -0.464 e. The molecule has 3 rings (SSSR count). The third kappa shape index (κ3) is 3.71. The summed E-state index contributed by atoms with van der Waals surface area (Å²) in [6.45, 7) is 5.03. The van der Waals surface area contributed by atoms with Gasteiger partial charge in [-0.05, 0) is 50.6 Å². The molecule has 0 N–H and O–H groups in total. The molecule has 0 saturated carbocycles. The normalized spacial score (nSPS) is 22.0. The fourth-order valence-electron chi connectivity index (χ4n) is 3.70. The van der Waals surface area contributed by atoms with Crippen LogP contribution in [0.2, 0.25) is 0 Å². The number of ether oxygens (including phenoxy) is 1. The summed E-state index contributed by atoms with van der Waals surface area (Å²) in [5, 5.41) is 0. The van der Waals surface area contributed by atoms with Gasteiger partial charge in [-0.25, -0.2) is 17.5 Å². The molecule has 0 unspecified atom stereocenters. The van der Waals surface area contributed by atoms with Crippen LogP contribution in [0.1, 0.15) is 37.3 Å².